The van der Waals surface area contributed by atoms with Crippen molar-refractivity contribution in [3.05, 3.63) is 41.6 Å². The molecule has 1 atom stereocenters. The van der Waals surface area contributed by atoms with Gasteiger partial charge in [-0.2, -0.15) is 10.5 Å². The van der Waals surface area contributed by atoms with Gasteiger partial charge in [-0.3, -0.25) is 4.57 Å². The molecule has 0 spiro atoms. The van der Waals surface area contributed by atoms with Crippen LogP contribution in [-0.2, 0) is 0 Å². The van der Waals surface area contributed by atoms with Crippen LogP contribution in [0.4, 0.5) is 0 Å². The minimum Gasteiger partial charge on any atom is -0.310 e. The SMILES string of the molecule is CCNC(C)c1ccc(-n2cnc(C#N)c2C#N)nc1. The maximum atomic E-state index is 9.09. The summed E-state index contributed by atoms with van der Waals surface area (Å²) in [6, 6.07) is 7.84. The first kappa shape index (κ1) is 13.7. The molecule has 0 amide bonds. The maximum Gasteiger partial charge on any atom is 0.177 e. The average Bonchev–Trinajstić information content (AvgIpc) is 2.90. The van der Waals surface area contributed by atoms with Gasteiger partial charge in [0.25, 0.3) is 0 Å². The molecule has 0 aliphatic rings. The third kappa shape index (κ3) is 2.51. The lowest BCUT2D eigenvalue weighted by atomic mass is 10.1. The van der Waals surface area contributed by atoms with E-state index in [2.05, 4.69) is 22.2 Å². The van der Waals surface area contributed by atoms with Crippen molar-refractivity contribution in [3.63, 3.8) is 0 Å². The van der Waals surface area contributed by atoms with E-state index < -0.39 is 0 Å². The van der Waals surface area contributed by atoms with Gasteiger partial charge in [-0.1, -0.05) is 13.0 Å². The maximum absolute atomic E-state index is 9.09. The molecule has 0 aliphatic heterocycles. The Kier molecular flexibility index (Phi) is 4.09. The standard InChI is InChI=1S/C14H14N6/c1-3-17-10(2)11-4-5-14(18-8-11)20-9-19-12(6-15)13(20)7-16/h4-5,8-10,17H,3H2,1-2H3. The van der Waals surface area contributed by atoms with E-state index in [1.165, 1.54) is 10.9 Å². The summed E-state index contributed by atoms with van der Waals surface area (Å²) < 4.78 is 1.51. The molecule has 6 nitrogen and oxygen atoms in total. The molecule has 0 fully saturated rings. The quantitative estimate of drug-likeness (QED) is 0.909. The Hall–Kier alpha value is -2.70. The fourth-order valence-corrected chi connectivity index (χ4v) is 1.93. The third-order valence-corrected chi connectivity index (χ3v) is 3.01. The highest BCUT2D eigenvalue weighted by molar-refractivity contribution is 5.41. The minimum atomic E-state index is 0.111. The van der Waals surface area contributed by atoms with E-state index in [0.29, 0.717) is 5.82 Å². The molecule has 1 unspecified atom stereocenters. The fraction of sp³-hybridized carbons (Fsp3) is 0.286. The van der Waals surface area contributed by atoms with Gasteiger partial charge in [0.05, 0.1) is 0 Å². The zero-order valence-electron chi connectivity index (χ0n) is 11.3. The van der Waals surface area contributed by atoms with Crippen LogP contribution in [0.5, 0.6) is 0 Å². The molecule has 0 aromatic carbocycles. The summed E-state index contributed by atoms with van der Waals surface area (Å²) in [5.74, 6) is 0.572. The molecular formula is C14H14N6. The largest absolute Gasteiger partial charge is 0.310 e. The Balaban J connectivity index is 2.34. The molecule has 20 heavy (non-hydrogen) atoms. The van der Waals surface area contributed by atoms with Crippen LogP contribution in [0.2, 0.25) is 0 Å². The molecule has 0 saturated heterocycles. The molecule has 0 saturated carbocycles. The van der Waals surface area contributed by atoms with Gasteiger partial charge in [0.2, 0.25) is 0 Å². The van der Waals surface area contributed by atoms with Gasteiger partial charge in [-0.05, 0) is 25.1 Å². The molecule has 2 heterocycles. The molecule has 2 aromatic heterocycles. The second-order valence-corrected chi connectivity index (χ2v) is 4.26. The van der Waals surface area contributed by atoms with Crippen LogP contribution in [0, 0.1) is 22.7 Å². The lowest BCUT2D eigenvalue weighted by Crippen LogP contribution is -2.17. The van der Waals surface area contributed by atoms with Crippen molar-refractivity contribution in [2.45, 2.75) is 19.9 Å². The number of nitrogens with zero attached hydrogens (tertiary/aromatic N) is 5. The molecule has 0 aliphatic carbocycles. The molecule has 2 aromatic rings. The average molecular weight is 266 g/mol. The Morgan fingerprint density at radius 3 is 2.65 bits per heavy atom. The predicted molar refractivity (Wildman–Crippen MR) is 72.9 cm³/mol. The van der Waals surface area contributed by atoms with Crippen LogP contribution >= 0.6 is 0 Å². The van der Waals surface area contributed by atoms with Crippen LogP contribution in [0.3, 0.4) is 0 Å². The Morgan fingerprint density at radius 2 is 2.10 bits per heavy atom. The summed E-state index contributed by atoms with van der Waals surface area (Å²) in [4.78, 5) is 8.23. The highest BCUT2D eigenvalue weighted by Crippen LogP contribution is 2.15. The number of imidazole rings is 1. The fourth-order valence-electron chi connectivity index (χ4n) is 1.93. The summed E-state index contributed by atoms with van der Waals surface area (Å²) in [6.07, 6.45) is 3.20. The molecule has 100 valence electrons. The first-order chi connectivity index (χ1) is 9.71. The van der Waals surface area contributed by atoms with E-state index in [9.17, 15) is 0 Å². The second-order valence-electron chi connectivity index (χ2n) is 4.26. The molecular weight excluding hydrogens is 252 g/mol. The summed E-state index contributed by atoms with van der Waals surface area (Å²) in [5.41, 5.74) is 1.38. The van der Waals surface area contributed by atoms with Crippen molar-refractivity contribution in [3.8, 4) is 18.0 Å². The van der Waals surface area contributed by atoms with Crippen LogP contribution in [0.15, 0.2) is 24.7 Å². The minimum absolute atomic E-state index is 0.111. The summed E-state index contributed by atoms with van der Waals surface area (Å²) in [7, 11) is 0. The van der Waals surface area contributed by atoms with E-state index in [1.54, 1.807) is 6.20 Å². The monoisotopic (exact) mass is 266 g/mol. The second kappa shape index (κ2) is 5.96. The lowest BCUT2D eigenvalue weighted by Gasteiger charge is -2.12. The van der Waals surface area contributed by atoms with Gasteiger partial charge in [-0.25, -0.2) is 9.97 Å². The van der Waals surface area contributed by atoms with Crippen molar-refractivity contribution in [1.29, 1.82) is 10.5 Å². The summed E-state index contributed by atoms with van der Waals surface area (Å²) in [6.45, 7) is 4.99. The number of nitriles is 2. The first-order valence-corrected chi connectivity index (χ1v) is 6.28. The number of hydrogen-bond donors (Lipinski definition) is 1. The number of nitrogens with one attached hydrogen (secondary N) is 1. The number of pyridine rings is 1. The molecule has 6 heteroatoms. The van der Waals surface area contributed by atoms with Gasteiger partial charge in [0.1, 0.15) is 24.3 Å². The van der Waals surface area contributed by atoms with E-state index in [0.717, 1.165) is 12.1 Å². The van der Waals surface area contributed by atoms with Gasteiger partial charge in [-0.15, -0.1) is 0 Å². The van der Waals surface area contributed by atoms with Gasteiger partial charge < -0.3 is 5.32 Å². The van der Waals surface area contributed by atoms with Crippen LogP contribution in [0.1, 0.15) is 36.8 Å². The number of aromatic nitrogens is 3. The van der Waals surface area contributed by atoms with Crippen molar-refractivity contribution >= 4 is 0 Å². The highest BCUT2D eigenvalue weighted by Gasteiger charge is 2.12. The van der Waals surface area contributed by atoms with Crippen LogP contribution < -0.4 is 5.32 Å². The van der Waals surface area contributed by atoms with E-state index in [1.807, 2.05) is 31.2 Å². The first-order valence-electron chi connectivity index (χ1n) is 6.28. The van der Waals surface area contributed by atoms with E-state index in [-0.39, 0.29) is 17.4 Å². The normalized spacial score (nSPS) is 11.6. The topological polar surface area (TPSA) is 90.3 Å². The van der Waals surface area contributed by atoms with Crippen molar-refractivity contribution in [2.75, 3.05) is 6.54 Å². The summed E-state index contributed by atoms with van der Waals surface area (Å²) >= 11 is 0. The van der Waals surface area contributed by atoms with Gasteiger partial charge >= 0.3 is 0 Å². The number of hydrogen-bond acceptors (Lipinski definition) is 5. The van der Waals surface area contributed by atoms with Crippen molar-refractivity contribution in [1.82, 2.24) is 19.9 Å². The van der Waals surface area contributed by atoms with Crippen molar-refractivity contribution < 1.29 is 0 Å². The van der Waals surface area contributed by atoms with Crippen LogP contribution in [-0.4, -0.2) is 21.1 Å². The van der Waals surface area contributed by atoms with Gasteiger partial charge in [0, 0.05) is 12.2 Å². The zero-order valence-corrected chi connectivity index (χ0v) is 11.3. The Labute approximate surface area is 117 Å². The predicted octanol–water partition coefficient (Wildman–Crippen LogP) is 1.68. The molecule has 0 bridgehead atoms. The van der Waals surface area contributed by atoms with E-state index >= 15 is 0 Å². The number of rotatable bonds is 4. The lowest BCUT2D eigenvalue weighted by molar-refractivity contribution is 0.596. The molecule has 2 rings (SSSR count). The smallest absolute Gasteiger partial charge is 0.177 e. The van der Waals surface area contributed by atoms with Gasteiger partial charge in [0.15, 0.2) is 11.4 Å². The molecule has 1 N–H and O–H groups in total. The highest BCUT2D eigenvalue weighted by atomic mass is 15.1. The van der Waals surface area contributed by atoms with Crippen molar-refractivity contribution in [2.24, 2.45) is 0 Å². The van der Waals surface area contributed by atoms with Crippen LogP contribution in [0.25, 0.3) is 5.82 Å². The Morgan fingerprint density at radius 1 is 1.30 bits per heavy atom. The van der Waals surface area contributed by atoms with E-state index in [4.69, 9.17) is 10.5 Å². The zero-order chi connectivity index (χ0) is 14.5. The summed E-state index contributed by atoms with van der Waals surface area (Å²) in [5, 5.41) is 21.3. The third-order valence-electron chi connectivity index (χ3n) is 3.01. The molecule has 0 radical (unpaired) electrons. The Bertz CT molecular complexity index is 671.